The van der Waals surface area contributed by atoms with Gasteiger partial charge in [-0.05, 0) is 43.7 Å². The summed E-state index contributed by atoms with van der Waals surface area (Å²) in [5, 5.41) is 13.6. The van der Waals surface area contributed by atoms with Crippen molar-refractivity contribution in [2.75, 3.05) is 12.4 Å². The maximum atomic E-state index is 12.5. The van der Waals surface area contributed by atoms with E-state index in [0.29, 0.717) is 22.6 Å². The number of carbonyl (C=O) groups is 2. The summed E-state index contributed by atoms with van der Waals surface area (Å²) in [6, 6.07) is 10.3. The van der Waals surface area contributed by atoms with Gasteiger partial charge < -0.3 is 15.2 Å². The third-order valence-corrected chi connectivity index (χ3v) is 4.37. The summed E-state index contributed by atoms with van der Waals surface area (Å²) in [4.78, 5) is 24.9. The summed E-state index contributed by atoms with van der Waals surface area (Å²) in [5.41, 5.74) is 1.44. The highest BCUT2D eigenvalue weighted by Gasteiger charge is 2.47. The fourth-order valence-electron chi connectivity index (χ4n) is 3.09. The van der Waals surface area contributed by atoms with Crippen LogP contribution in [-0.4, -0.2) is 23.9 Å². The van der Waals surface area contributed by atoms with E-state index in [1.165, 1.54) is 0 Å². The molecule has 5 heteroatoms. The molecule has 2 N–H and O–H groups in total. The van der Waals surface area contributed by atoms with Crippen molar-refractivity contribution in [2.24, 2.45) is 0 Å². The van der Waals surface area contributed by atoms with Gasteiger partial charge in [0.05, 0.1) is 19.2 Å². The van der Waals surface area contributed by atoms with Crippen LogP contribution < -0.4 is 10.1 Å². The summed E-state index contributed by atoms with van der Waals surface area (Å²) >= 11 is 0. The van der Waals surface area contributed by atoms with Crippen LogP contribution in [0.4, 0.5) is 5.69 Å². The number of rotatable bonds is 4. The molecule has 1 atom stereocenters. The average Bonchev–Trinajstić information content (AvgIpc) is 2.80. The molecule has 0 aromatic heterocycles. The molecule has 0 spiro atoms. The Labute approximate surface area is 140 Å². The Morgan fingerprint density at radius 2 is 1.88 bits per heavy atom. The van der Waals surface area contributed by atoms with Crippen LogP contribution in [0.25, 0.3) is 0 Å². The van der Waals surface area contributed by atoms with E-state index in [2.05, 4.69) is 5.32 Å². The summed E-state index contributed by atoms with van der Waals surface area (Å²) < 4.78 is 5.07. The maximum absolute atomic E-state index is 12.5. The molecule has 1 aliphatic heterocycles. The number of methoxy groups -OCH3 is 1. The standard InChI is InChI=1S/C19H19NO4/c1-11-8-12(2)17-15(9-11)19(23,18(22)20-17)10-16(21)13-4-6-14(24-3)7-5-13/h4-9,23H,10H2,1-3H3,(H,20,22)/t19-/m1/s1. The van der Waals surface area contributed by atoms with Gasteiger partial charge in [-0.3, -0.25) is 9.59 Å². The second-order valence-electron chi connectivity index (χ2n) is 6.15. The zero-order valence-electron chi connectivity index (χ0n) is 13.8. The number of aryl methyl sites for hydroxylation is 2. The van der Waals surface area contributed by atoms with E-state index in [9.17, 15) is 14.7 Å². The smallest absolute Gasteiger partial charge is 0.261 e. The van der Waals surface area contributed by atoms with Crippen molar-refractivity contribution in [2.45, 2.75) is 25.9 Å². The largest absolute Gasteiger partial charge is 0.497 e. The molecule has 0 aliphatic carbocycles. The predicted molar refractivity (Wildman–Crippen MR) is 90.4 cm³/mol. The van der Waals surface area contributed by atoms with Gasteiger partial charge in [0.2, 0.25) is 0 Å². The number of ketones is 1. The number of hydrogen-bond acceptors (Lipinski definition) is 4. The first kappa shape index (κ1) is 16.2. The molecule has 0 saturated carbocycles. The average molecular weight is 325 g/mol. The van der Waals surface area contributed by atoms with E-state index < -0.39 is 11.5 Å². The van der Waals surface area contributed by atoms with Crippen molar-refractivity contribution in [3.63, 3.8) is 0 Å². The fourth-order valence-corrected chi connectivity index (χ4v) is 3.09. The van der Waals surface area contributed by atoms with Gasteiger partial charge >= 0.3 is 0 Å². The molecule has 2 aromatic rings. The number of benzene rings is 2. The molecular weight excluding hydrogens is 306 g/mol. The predicted octanol–water partition coefficient (Wildman–Crippen LogP) is 2.72. The molecule has 124 valence electrons. The van der Waals surface area contributed by atoms with Crippen molar-refractivity contribution in [3.8, 4) is 5.75 Å². The van der Waals surface area contributed by atoms with Gasteiger partial charge in [0.1, 0.15) is 5.75 Å². The fraction of sp³-hybridized carbons (Fsp3) is 0.263. The van der Waals surface area contributed by atoms with Crippen molar-refractivity contribution in [3.05, 3.63) is 58.7 Å². The minimum atomic E-state index is -1.84. The van der Waals surface area contributed by atoms with Gasteiger partial charge in [-0.1, -0.05) is 17.7 Å². The monoisotopic (exact) mass is 325 g/mol. The van der Waals surface area contributed by atoms with Crippen LogP contribution in [0.1, 0.15) is 33.5 Å². The highest BCUT2D eigenvalue weighted by Crippen LogP contribution is 2.41. The number of carbonyl (C=O) groups excluding carboxylic acids is 2. The first-order chi connectivity index (χ1) is 11.3. The minimum Gasteiger partial charge on any atom is -0.497 e. The third-order valence-electron chi connectivity index (χ3n) is 4.37. The number of amides is 1. The van der Waals surface area contributed by atoms with Crippen LogP contribution in [0.15, 0.2) is 36.4 Å². The van der Waals surface area contributed by atoms with E-state index >= 15 is 0 Å². The molecule has 1 heterocycles. The second kappa shape index (κ2) is 5.76. The molecule has 0 radical (unpaired) electrons. The van der Waals surface area contributed by atoms with Crippen LogP contribution in [0.3, 0.4) is 0 Å². The lowest BCUT2D eigenvalue weighted by molar-refractivity contribution is -0.133. The first-order valence-corrected chi connectivity index (χ1v) is 7.68. The van der Waals surface area contributed by atoms with Gasteiger partial charge in [0.25, 0.3) is 5.91 Å². The van der Waals surface area contributed by atoms with Gasteiger partial charge in [0, 0.05) is 11.1 Å². The molecule has 1 aliphatic rings. The summed E-state index contributed by atoms with van der Waals surface area (Å²) in [6.45, 7) is 3.75. The van der Waals surface area contributed by atoms with Crippen molar-refractivity contribution in [1.29, 1.82) is 0 Å². The Balaban J connectivity index is 1.94. The summed E-state index contributed by atoms with van der Waals surface area (Å²) in [6.07, 6.45) is -0.305. The van der Waals surface area contributed by atoms with E-state index in [-0.39, 0.29) is 12.2 Å². The Hall–Kier alpha value is -2.66. The van der Waals surface area contributed by atoms with Crippen molar-refractivity contribution < 1.29 is 19.4 Å². The van der Waals surface area contributed by atoms with Gasteiger partial charge in [-0.25, -0.2) is 0 Å². The number of Topliss-reactive ketones (excluding diaryl/α,β-unsaturated/α-hetero) is 1. The molecule has 0 unspecified atom stereocenters. The van der Waals surface area contributed by atoms with E-state index in [0.717, 1.165) is 11.1 Å². The summed E-state index contributed by atoms with van der Waals surface area (Å²) in [5.74, 6) is -0.226. The first-order valence-electron chi connectivity index (χ1n) is 7.68. The molecule has 2 aromatic carbocycles. The summed E-state index contributed by atoms with van der Waals surface area (Å²) in [7, 11) is 1.55. The van der Waals surface area contributed by atoms with Crippen LogP contribution in [0, 0.1) is 13.8 Å². The van der Waals surface area contributed by atoms with Crippen LogP contribution >= 0.6 is 0 Å². The normalized spacial score (nSPS) is 18.9. The Kier molecular flexibility index (Phi) is 3.89. The SMILES string of the molecule is COc1ccc(C(=O)C[C@]2(O)C(=O)Nc3c(C)cc(C)cc32)cc1. The number of ether oxygens (including phenoxy) is 1. The highest BCUT2D eigenvalue weighted by atomic mass is 16.5. The van der Waals surface area contributed by atoms with Crippen LogP contribution in [0.5, 0.6) is 5.75 Å². The Morgan fingerprint density at radius 1 is 1.21 bits per heavy atom. The molecule has 0 bridgehead atoms. The third kappa shape index (κ3) is 2.57. The topological polar surface area (TPSA) is 75.6 Å². The lowest BCUT2D eigenvalue weighted by atomic mass is 9.86. The molecule has 3 rings (SSSR count). The number of fused-ring (bicyclic) bond motifs is 1. The zero-order chi connectivity index (χ0) is 17.5. The number of anilines is 1. The minimum absolute atomic E-state index is 0.303. The van der Waals surface area contributed by atoms with Crippen molar-refractivity contribution in [1.82, 2.24) is 0 Å². The lowest BCUT2D eigenvalue weighted by Crippen LogP contribution is -2.36. The molecule has 0 fully saturated rings. The lowest BCUT2D eigenvalue weighted by Gasteiger charge is -2.20. The van der Waals surface area contributed by atoms with E-state index in [1.54, 1.807) is 37.4 Å². The Bertz CT molecular complexity index is 826. The maximum Gasteiger partial charge on any atom is 0.261 e. The Morgan fingerprint density at radius 3 is 2.50 bits per heavy atom. The molecule has 0 saturated heterocycles. The van der Waals surface area contributed by atoms with E-state index in [1.807, 2.05) is 19.9 Å². The second-order valence-corrected chi connectivity index (χ2v) is 6.15. The number of nitrogens with one attached hydrogen (secondary N) is 1. The van der Waals surface area contributed by atoms with Gasteiger partial charge in [-0.2, -0.15) is 0 Å². The van der Waals surface area contributed by atoms with Gasteiger partial charge in [0.15, 0.2) is 11.4 Å². The quantitative estimate of drug-likeness (QED) is 0.848. The zero-order valence-corrected chi connectivity index (χ0v) is 13.8. The molecule has 24 heavy (non-hydrogen) atoms. The number of aliphatic hydroxyl groups is 1. The highest BCUT2D eigenvalue weighted by molar-refractivity contribution is 6.10. The van der Waals surface area contributed by atoms with Crippen LogP contribution in [-0.2, 0) is 10.4 Å². The van der Waals surface area contributed by atoms with Crippen LogP contribution in [0.2, 0.25) is 0 Å². The molecule has 1 amide bonds. The van der Waals surface area contributed by atoms with Gasteiger partial charge in [-0.15, -0.1) is 0 Å². The van der Waals surface area contributed by atoms with Crippen molar-refractivity contribution >= 4 is 17.4 Å². The molecule has 5 nitrogen and oxygen atoms in total. The molecular formula is C19H19NO4. The number of hydrogen-bond donors (Lipinski definition) is 2. The van der Waals surface area contributed by atoms with E-state index in [4.69, 9.17) is 4.74 Å².